The van der Waals surface area contributed by atoms with Crippen molar-refractivity contribution in [3.05, 3.63) is 53.7 Å². The second-order valence-electron chi connectivity index (χ2n) is 8.08. The fourth-order valence-corrected chi connectivity index (χ4v) is 3.77. The first-order valence-electron chi connectivity index (χ1n) is 11.4. The van der Waals surface area contributed by atoms with Crippen molar-refractivity contribution in [3.63, 3.8) is 0 Å². The van der Waals surface area contributed by atoms with E-state index in [4.69, 9.17) is 0 Å². The van der Waals surface area contributed by atoms with E-state index in [1.807, 2.05) is 30.5 Å². The number of pyridine rings is 1. The third-order valence-electron chi connectivity index (χ3n) is 5.65. The Hall–Kier alpha value is -2.16. The minimum atomic E-state index is -0.731. The lowest BCUT2D eigenvalue weighted by Crippen LogP contribution is -2.11. The second kappa shape index (κ2) is 13.1. The second-order valence-corrected chi connectivity index (χ2v) is 8.08. The number of carboxylic acid groups (broad SMARTS) is 1. The first kappa shape index (κ1) is 23.1. The molecule has 2 rings (SSSR count). The van der Waals surface area contributed by atoms with Gasteiger partial charge in [0.25, 0.3) is 0 Å². The molecule has 1 aromatic carbocycles. The first-order valence-corrected chi connectivity index (χ1v) is 11.4. The highest BCUT2D eigenvalue weighted by Crippen LogP contribution is 2.26. The Balaban J connectivity index is 1.91. The van der Waals surface area contributed by atoms with Gasteiger partial charge in [0, 0.05) is 11.8 Å². The lowest BCUT2D eigenvalue weighted by molar-refractivity contribution is -0.139. The monoisotopic (exact) mass is 395 g/mol. The highest BCUT2D eigenvalue weighted by atomic mass is 16.4. The molecule has 1 aromatic heterocycles. The van der Waals surface area contributed by atoms with Crippen LogP contribution >= 0.6 is 0 Å². The molecule has 2 aromatic rings. The van der Waals surface area contributed by atoms with Gasteiger partial charge >= 0.3 is 5.97 Å². The highest BCUT2D eigenvalue weighted by Gasteiger charge is 2.19. The van der Waals surface area contributed by atoms with Crippen LogP contribution in [0.3, 0.4) is 0 Å². The average Bonchev–Trinajstić information content (AvgIpc) is 2.74. The Bertz CT molecular complexity index is 706. The molecule has 0 fully saturated rings. The van der Waals surface area contributed by atoms with E-state index in [1.165, 1.54) is 44.1 Å². The Labute approximate surface area is 176 Å². The molecule has 0 radical (unpaired) electrons. The van der Waals surface area contributed by atoms with Crippen LogP contribution in [0.4, 0.5) is 0 Å². The van der Waals surface area contributed by atoms with Gasteiger partial charge in [-0.25, -0.2) is 0 Å². The number of aromatic nitrogens is 1. The Morgan fingerprint density at radius 3 is 2.14 bits per heavy atom. The van der Waals surface area contributed by atoms with E-state index < -0.39 is 11.9 Å². The molecule has 29 heavy (non-hydrogen) atoms. The number of carboxylic acids is 1. The fourth-order valence-electron chi connectivity index (χ4n) is 3.77. The number of benzene rings is 1. The van der Waals surface area contributed by atoms with E-state index in [0.717, 1.165) is 42.5 Å². The molecular formula is C26H37NO2. The van der Waals surface area contributed by atoms with Crippen molar-refractivity contribution in [3.8, 4) is 11.3 Å². The van der Waals surface area contributed by atoms with Gasteiger partial charge in [0.1, 0.15) is 0 Å². The molecule has 1 unspecified atom stereocenters. The van der Waals surface area contributed by atoms with Crippen molar-refractivity contribution >= 4 is 5.97 Å². The molecular weight excluding hydrogens is 358 g/mol. The van der Waals surface area contributed by atoms with E-state index in [-0.39, 0.29) is 0 Å². The van der Waals surface area contributed by atoms with Crippen LogP contribution in [0.5, 0.6) is 0 Å². The Morgan fingerprint density at radius 1 is 0.862 bits per heavy atom. The summed E-state index contributed by atoms with van der Waals surface area (Å²) in [6.45, 7) is 4.38. The van der Waals surface area contributed by atoms with E-state index in [0.29, 0.717) is 6.42 Å². The SMILES string of the molecule is CCCCCCCCc1ccc(-c2ccc(C(CCCCC)C(=O)O)cc2)nc1. The van der Waals surface area contributed by atoms with Crippen LogP contribution in [-0.2, 0) is 11.2 Å². The number of aliphatic carboxylic acids is 1. The van der Waals surface area contributed by atoms with E-state index >= 15 is 0 Å². The predicted octanol–water partition coefficient (Wildman–Crippen LogP) is 7.40. The molecule has 1 heterocycles. The third kappa shape index (κ3) is 8.00. The van der Waals surface area contributed by atoms with Crippen LogP contribution in [-0.4, -0.2) is 16.1 Å². The normalized spacial score (nSPS) is 12.1. The molecule has 1 atom stereocenters. The maximum Gasteiger partial charge on any atom is 0.310 e. The van der Waals surface area contributed by atoms with Crippen molar-refractivity contribution < 1.29 is 9.90 Å². The smallest absolute Gasteiger partial charge is 0.310 e. The van der Waals surface area contributed by atoms with Gasteiger partial charge in [-0.1, -0.05) is 95.5 Å². The summed E-state index contributed by atoms with van der Waals surface area (Å²) in [5.74, 6) is -1.14. The van der Waals surface area contributed by atoms with Gasteiger partial charge in [-0.05, 0) is 36.5 Å². The molecule has 0 aliphatic heterocycles. The van der Waals surface area contributed by atoms with Crippen molar-refractivity contribution in [1.29, 1.82) is 0 Å². The molecule has 0 bridgehead atoms. The summed E-state index contributed by atoms with van der Waals surface area (Å²) < 4.78 is 0. The van der Waals surface area contributed by atoms with Gasteiger partial charge in [0.05, 0.1) is 11.6 Å². The standard InChI is InChI=1S/C26H37NO2/c1-3-5-7-8-9-11-12-21-14-19-25(27-20-21)23-17-15-22(16-18-23)24(26(28)29)13-10-6-4-2/h14-20,24H,3-13H2,1-2H3,(H,28,29). The van der Waals surface area contributed by atoms with E-state index in [1.54, 1.807) is 0 Å². The summed E-state index contributed by atoms with van der Waals surface area (Å²) in [5, 5.41) is 9.56. The molecule has 0 aliphatic carbocycles. The molecule has 1 N–H and O–H groups in total. The third-order valence-corrected chi connectivity index (χ3v) is 5.65. The number of hydrogen-bond donors (Lipinski definition) is 1. The van der Waals surface area contributed by atoms with Crippen LogP contribution in [0.25, 0.3) is 11.3 Å². The van der Waals surface area contributed by atoms with Crippen LogP contribution in [0.1, 0.15) is 95.1 Å². The van der Waals surface area contributed by atoms with Gasteiger partial charge in [0.15, 0.2) is 0 Å². The number of carbonyl (C=O) groups is 1. The summed E-state index contributed by atoms with van der Waals surface area (Å²) in [6.07, 6.45) is 14.8. The number of nitrogens with zero attached hydrogens (tertiary/aromatic N) is 1. The highest BCUT2D eigenvalue weighted by molar-refractivity contribution is 5.76. The lowest BCUT2D eigenvalue weighted by Gasteiger charge is -2.13. The summed E-state index contributed by atoms with van der Waals surface area (Å²) in [5.41, 5.74) is 4.17. The van der Waals surface area contributed by atoms with Crippen LogP contribution in [0, 0.1) is 0 Å². The number of unbranched alkanes of at least 4 members (excludes halogenated alkanes) is 7. The van der Waals surface area contributed by atoms with Gasteiger partial charge < -0.3 is 5.11 Å². The van der Waals surface area contributed by atoms with Gasteiger partial charge in [-0.15, -0.1) is 0 Å². The first-order chi connectivity index (χ1) is 14.2. The minimum absolute atomic E-state index is 0.414. The summed E-state index contributed by atoms with van der Waals surface area (Å²) in [6, 6.07) is 12.2. The molecule has 0 amide bonds. The van der Waals surface area contributed by atoms with Gasteiger partial charge in [0.2, 0.25) is 0 Å². The lowest BCUT2D eigenvalue weighted by atomic mass is 9.92. The Kier molecular flexibility index (Phi) is 10.5. The topological polar surface area (TPSA) is 50.2 Å². The number of hydrogen-bond acceptors (Lipinski definition) is 2. The summed E-state index contributed by atoms with van der Waals surface area (Å²) in [7, 11) is 0. The largest absolute Gasteiger partial charge is 0.481 e. The van der Waals surface area contributed by atoms with E-state index in [2.05, 4.69) is 31.0 Å². The maximum atomic E-state index is 11.6. The van der Waals surface area contributed by atoms with Gasteiger partial charge in [-0.2, -0.15) is 0 Å². The molecule has 3 nitrogen and oxygen atoms in total. The Morgan fingerprint density at radius 2 is 1.52 bits per heavy atom. The summed E-state index contributed by atoms with van der Waals surface area (Å²) >= 11 is 0. The maximum absolute atomic E-state index is 11.6. The zero-order valence-corrected chi connectivity index (χ0v) is 18.2. The van der Waals surface area contributed by atoms with Crippen LogP contribution < -0.4 is 0 Å². The molecule has 0 saturated carbocycles. The molecule has 0 saturated heterocycles. The van der Waals surface area contributed by atoms with E-state index in [9.17, 15) is 9.90 Å². The number of aryl methyl sites for hydroxylation is 1. The number of rotatable bonds is 14. The zero-order chi connectivity index (χ0) is 20.9. The van der Waals surface area contributed by atoms with Crippen LogP contribution in [0.2, 0.25) is 0 Å². The molecule has 158 valence electrons. The molecule has 3 heteroatoms. The van der Waals surface area contributed by atoms with Gasteiger partial charge in [-0.3, -0.25) is 9.78 Å². The van der Waals surface area contributed by atoms with Crippen molar-refractivity contribution in [2.45, 2.75) is 90.4 Å². The van der Waals surface area contributed by atoms with Crippen molar-refractivity contribution in [2.24, 2.45) is 0 Å². The fraction of sp³-hybridized carbons (Fsp3) is 0.538. The minimum Gasteiger partial charge on any atom is -0.481 e. The average molecular weight is 396 g/mol. The molecule has 0 aliphatic rings. The van der Waals surface area contributed by atoms with Crippen LogP contribution in [0.15, 0.2) is 42.6 Å². The van der Waals surface area contributed by atoms with Crippen molar-refractivity contribution in [2.75, 3.05) is 0 Å². The van der Waals surface area contributed by atoms with Crippen molar-refractivity contribution in [1.82, 2.24) is 4.98 Å². The predicted molar refractivity (Wildman–Crippen MR) is 121 cm³/mol. The molecule has 0 spiro atoms. The quantitative estimate of drug-likeness (QED) is 0.339. The zero-order valence-electron chi connectivity index (χ0n) is 18.2. The summed E-state index contributed by atoms with van der Waals surface area (Å²) in [4.78, 5) is 16.3.